The molecule has 0 radical (unpaired) electrons. The molecule has 0 saturated heterocycles. The predicted molar refractivity (Wildman–Crippen MR) is 112 cm³/mol. The largest absolute Gasteiger partial charge is 0.372 e. The van der Waals surface area contributed by atoms with Gasteiger partial charge >= 0.3 is 11.1 Å². The SMILES string of the molecule is CCN(CC)c1ccc(NC(=O)Cn2c(=O)c(=O)[nH]c3cc(F)ccc32)c(C)c1. The molecule has 0 atom stereocenters. The summed E-state index contributed by atoms with van der Waals surface area (Å²) in [6.07, 6.45) is 0. The lowest BCUT2D eigenvalue weighted by molar-refractivity contribution is -0.116. The summed E-state index contributed by atoms with van der Waals surface area (Å²) in [5.41, 5.74) is 1.22. The van der Waals surface area contributed by atoms with E-state index in [1.807, 2.05) is 25.1 Å². The second-order valence-corrected chi connectivity index (χ2v) is 6.73. The van der Waals surface area contributed by atoms with Crippen LogP contribution in [0.2, 0.25) is 0 Å². The Labute approximate surface area is 166 Å². The summed E-state index contributed by atoms with van der Waals surface area (Å²) in [5, 5.41) is 2.78. The molecule has 0 bridgehead atoms. The van der Waals surface area contributed by atoms with E-state index in [1.54, 1.807) is 0 Å². The molecule has 2 aromatic carbocycles. The third-order valence-corrected chi connectivity index (χ3v) is 4.85. The van der Waals surface area contributed by atoms with Crippen LogP contribution in [0.25, 0.3) is 11.0 Å². The fourth-order valence-corrected chi connectivity index (χ4v) is 3.32. The van der Waals surface area contributed by atoms with Crippen molar-refractivity contribution in [3.63, 3.8) is 0 Å². The van der Waals surface area contributed by atoms with E-state index in [0.717, 1.165) is 35.0 Å². The van der Waals surface area contributed by atoms with Crippen LogP contribution >= 0.6 is 0 Å². The Morgan fingerprint density at radius 2 is 1.86 bits per heavy atom. The van der Waals surface area contributed by atoms with Gasteiger partial charge in [-0.2, -0.15) is 0 Å². The first-order valence-electron chi connectivity index (χ1n) is 9.41. The van der Waals surface area contributed by atoms with Gasteiger partial charge < -0.3 is 15.2 Å². The maximum atomic E-state index is 13.4. The quantitative estimate of drug-likeness (QED) is 0.625. The van der Waals surface area contributed by atoms with Crippen LogP contribution in [0.15, 0.2) is 46.0 Å². The molecule has 0 aliphatic heterocycles. The van der Waals surface area contributed by atoms with Gasteiger partial charge in [0.2, 0.25) is 5.91 Å². The number of fused-ring (bicyclic) bond motifs is 1. The Bertz CT molecular complexity index is 1180. The van der Waals surface area contributed by atoms with Gasteiger partial charge in [0.25, 0.3) is 0 Å². The molecule has 1 amide bonds. The predicted octanol–water partition coefficient (Wildman–Crippen LogP) is 2.62. The Morgan fingerprint density at radius 1 is 1.14 bits per heavy atom. The van der Waals surface area contributed by atoms with E-state index >= 15 is 0 Å². The highest BCUT2D eigenvalue weighted by molar-refractivity contribution is 5.92. The van der Waals surface area contributed by atoms with Crippen LogP contribution in [-0.2, 0) is 11.3 Å². The third kappa shape index (κ3) is 4.21. The fraction of sp³-hybridized carbons (Fsp3) is 0.286. The smallest absolute Gasteiger partial charge is 0.317 e. The second kappa shape index (κ2) is 8.30. The number of aromatic nitrogens is 2. The maximum Gasteiger partial charge on any atom is 0.317 e. The number of hydrogen-bond acceptors (Lipinski definition) is 4. The number of carbonyl (C=O) groups is 1. The Balaban J connectivity index is 1.88. The molecular formula is C21H23FN4O3. The average Bonchev–Trinajstić information content (AvgIpc) is 2.68. The lowest BCUT2D eigenvalue weighted by Gasteiger charge is -2.22. The van der Waals surface area contributed by atoms with Gasteiger partial charge in [-0.25, -0.2) is 4.39 Å². The summed E-state index contributed by atoms with van der Waals surface area (Å²) in [4.78, 5) is 41.2. The number of aryl methyl sites for hydroxylation is 1. The molecule has 152 valence electrons. The zero-order valence-electron chi connectivity index (χ0n) is 16.6. The van der Waals surface area contributed by atoms with Crippen molar-refractivity contribution in [2.24, 2.45) is 0 Å². The van der Waals surface area contributed by atoms with E-state index in [2.05, 4.69) is 29.0 Å². The van der Waals surface area contributed by atoms with Crippen molar-refractivity contribution in [1.82, 2.24) is 9.55 Å². The van der Waals surface area contributed by atoms with E-state index < -0.39 is 22.8 Å². The van der Waals surface area contributed by atoms with Crippen molar-refractivity contribution >= 4 is 28.3 Å². The minimum Gasteiger partial charge on any atom is -0.372 e. The summed E-state index contributed by atoms with van der Waals surface area (Å²) < 4.78 is 14.5. The highest BCUT2D eigenvalue weighted by Gasteiger charge is 2.13. The first-order valence-corrected chi connectivity index (χ1v) is 9.41. The highest BCUT2D eigenvalue weighted by Crippen LogP contribution is 2.22. The van der Waals surface area contributed by atoms with Crippen LogP contribution in [0.4, 0.5) is 15.8 Å². The van der Waals surface area contributed by atoms with Crippen molar-refractivity contribution in [3.05, 3.63) is 68.5 Å². The number of rotatable bonds is 6. The lowest BCUT2D eigenvalue weighted by Crippen LogP contribution is -2.38. The number of amides is 1. The number of H-pyrrole nitrogens is 1. The standard InChI is InChI=1S/C21H23FN4O3/c1-4-25(5-2)15-7-8-16(13(3)10-15)23-19(27)12-26-18-9-6-14(22)11-17(18)24-20(28)21(26)29/h6-11H,4-5,12H2,1-3H3,(H,23,27)(H,24,28). The van der Waals surface area contributed by atoms with Crippen molar-refractivity contribution in [2.75, 3.05) is 23.3 Å². The van der Waals surface area contributed by atoms with E-state index in [9.17, 15) is 18.8 Å². The molecular weight excluding hydrogens is 375 g/mol. The van der Waals surface area contributed by atoms with Crippen molar-refractivity contribution in [3.8, 4) is 0 Å². The van der Waals surface area contributed by atoms with Gasteiger partial charge in [-0.15, -0.1) is 0 Å². The van der Waals surface area contributed by atoms with E-state index in [-0.39, 0.29) is 17.6 Å². The number of carbonyl (C=O) groups excluding carboxylic acids is 1. The van der Waals surface area contributed by atoms with Crippen LogP contribution in [0.3, 0.4) is 0 Å². The Hall–Kier alpha value is -3.42. The number of nitrogens with one attached hydrogen (secondary N) is 2. The van der Waals surface area contributed by atoms with Crippen LogP contribution in [0, 0.1) is 12.7 Å². The first-order chi connectivity index (χ1) is 13.8. The summed E-state index contributed by atoms with van der Waals surface area (Å²) in [6, 6.07) is 9.37. The highest BCUT2D eigenvalue weighted by atomic mass is 19.1. The molecule has 0 spiro atoms. The lowest BCUT2D eigenvalue weighted by atomic mass is 10.1. The van der Waals surface area contributed by atoms with Gasteiger partial charge in [-0.3, -0.25) is 19.0 Å². The van der Waals surface area contributed by atoms with Crippen molar-refractivity contribution < 1.29 is 9.18 Å². The van der Waals surface area contributed by atoms with Crippen LogP contribution < -0.4 is 21.3 Å². The molecule has 8 heteroatoms. The van der Waals surface area contributed by atoms with Crippen LogP contribution in [0.1, 0.15) is 19.4 Å². The molecule has 1 heterocycles. The monoisotopic (exact) mass is 398 g/mol. The van der Waals surface area contributed by atoms with Gasteiger partial charge in [0, 0.05) is 24.5 Å². The number of halogens is 1. The average molecular weight is 398 g/mol. The summed E-state index contributed by atoms with van der Waals surface area (Å²) >= 11 is 0. The summed E-state index contributed by atoms with van der Waals surface area (Å²) in [5.74, 6) is -1.01. The Morgan fingerprint density at radius 3 is 2.52 bits per heavy atom. The Kier molecular flexibility index (Phi) is 5.81. The minimum atomic E-state index is -0.907. The van der Waals surface area contributed by atoms with Crippen LogP contribution in [0.5, 0.6) is 0 Å². The van der Waals surface area contributed by atoms with E-state index in [4.69, 9.17) is 0 Å². The fourth-order valence-electron chi connectivity index (χ4n) is 3.32. The topological polar surface area (TPSA) is 87.2 Å². The van der Waals surface area contributed by atoms with Crippen molar-refractivity contribution in [1.29, 1.82) is 0 Å². The molecule has 2 N–H and O–H groups in total. The first kappa shape index (κ1) is 20.3. The molecule has 0 saturated carbocycles. The van der Waals surface area contributed by atoms with Gasteiger partial charge in [0.05, 0.1) is 11.0 Å². The molecule has 3 rings (SSSR count). The minimum absolute atomic E-state index is 0.155. The van der Waals surface area contributed by atoms with E-state index in [1.165, 1.54) is 12.1 Å². The van der Waals surface area contributed by atoms with Crippen LogP contribution in [-0.4, -0.2) is 28.5 Å². The molecule has 0 unspecified atom stereocenters. The van der Waals surface area contributed by atoms with Gasteiger partial charge in [0.1, 0.15) is 12.4 Å². The molecule has 1 aromatic heterocycles. The molecule has 3 aromatic rings. The molecule has 7 nitrogen and oxygen atoms in total. The summed E-state index contributed by atoms with van der Waals surface area (Å²) in [6.45, 7) is 7.43. The summed E-state index contributed by atoms with van der Waals surface area (Å²) in [7, 11) is 0. The number of anilines is 2. The number of nitrogens with zero attached hydrogens (tertiary/aromatic N) is 2. The molecule has 29 heavy (non-hydrogen) atoms. The van der Waals surface area contributed by atoms with Gasteiger partial charge in [-0.1, -0.05) is 0 Å². The number of aromatic amines is 1. The van der Waals surface area contributed by atoms with E-state index in [0.29, 0.717) is 5.69 Å². The third-order valence-electron chi connectivity index (χ3n) is 4.85. The molecule has 0 aliphatic rings. The van der Waals surface area contributed by atoms with Gasteiger partial charge in [-0.05, 0) is 62.7 Å². The molecule has 0 aliphatic carbocycles. The normalized spacial score (nSPS) is 10.9. The maximum absolute atomic E-state index is 13.4. The number of benzene rings is 2. The van der Waals surface area contributed by atoms with Crippen molar-refractivity contribution in [2.45, 2.75) is 27.3 Å². The molecule has 0 fully saturated rings. The number of hydrogen-bond donors (Lipinski definition) is 2. The zero-order chi connectivity index (χ0) is 21.1. The zero-order valence-corrected chi connectivity index (χ0v) is 16.6. The van der Waals surface area contributed by atoms with Gasteiger partial charge in [0.15, 0.2) is 0 Å². The second-order valence-electron chi connectivity index (χ2n) is 6.73.